The number of aromatic nitrogens is 6. The number of aliphatic hydroxyl groups is 1. The maximum atomic E-state index is 12.0. The zero-order valence-electron chi connectivity index (χ0n) is 16.3. The van der Waals surface area contributed by atoms with Crippen LogP contribution in [-0.2, 0) is 6.54 Å². The van der Waals surface area contributed by atoms with Gasteiger partial charge in [-0.05, 0) is 31.2 Å². The zero-order chi connectivity index (χ0) is 21.1. The smallest absolute Gasteiger partial charge is 0.251 e. The molecule has 0 saturated heterocycles. The van der Waals surface area contributed by atoms with Crippen molar-refractivity contribution < 1.29 is 9.90 Å². The quantitative estimate of drug-likeness (QED) is 0.356. The number of amides is 1. The van der Waals surface area contributed by atoms with Crippen LogP contribution in [0.5, 0.6) is 0 Å². The number of anilines is 3. The van der Waals surface area contributed by atoms with Gasteiger partial charge in [0.05, 0.1) is 30.4 Å². The summed E-state index contributed by atoms with van der Waals surface area (Å²) >= 11 is 0. The molecule has 0 bridgehead atoms. The molecule has 4 rings (SSSR count). The molecule has 1 aromatic carbocycles. The number of benzene rings is 1. The monoisotopic (exact) mass is 407 g/mol. The van der Waals surface area contributed by atoms with Gasteiger partial charge in [0, 0.05) is 24.8 Å². The van der Waals surface area contributed by atoms with E-state index in [1.165, 1.54) is 0 Å². The fourth-order valence-corrected chi connectivity index (χ4v) is 2.97. The predicted molar refractivity (Wildman–Crippen MR) is 112 cm³/mol. The van der Waals surface area contributed by atoms with Gasteiger partial charge >= 0.3 is 0 Å². The van der Waals surface area contributed by atoms with Crippen LogP contribution in [0.1, 0.15) is 17.3 Å². The third-order valence-electron chi connectivity index (χ3n) is 4.42. The number of aliphatic hydroxyl groups excluding tert-OH is 1. The van der Waals surface area contributed by atoms with E-state index in [0.29, 0.717) is 28.4 Å². The van der Waals surface area contributed by atoms with Crippen LogP contribution >= 0.6 is 0 Å². The van der Waals surface area contributed by atoms with Crippen molar-refractivity contribution in [2.24, 2.45) is 0 Å². The van der Waals surface area contributed by atoms with Crippen molar-refractivity contribution >= 4 is 34.7 Å². The molecule has 0 atom stereocenters. The Bertz CT molecular complexity index is 1180. The van der Waals surface area contributed by atoms with Crippen molar-refractivity contribution in [3.05, 3.63) is 48.4 Å². The minimum Gasteiger partial charge on any atom is -0.395 e. The summed E-state index contributed by atoms with van der Waals surface area (Å²) in [5, 5.41) is 18.8. The maximum Gasteiger partial charge on any atom is 0.251 e. The normalized spacial score (nSPS) is 11.0. The minimum absolute atomic E-state index is 0.114. The number of nitrogens with one attached hydrogen (secondary N) is 2. The molecule has 0 aliphatic heterocycles. The number of carbonyl (C=O) groups is 1. The Morgan fingerprint density at radius 1 is 1.20 bits per heavy atom. The van der Waals surface area contributed by atoms with Gasteiger partial charge in [0.15, 0.2) is 5.65 Å². The summed E-state index contributed by atoms with van der Waals surface area (Å²) in [6.45, 7) is 2.85. The summed E-state index contributed by atoms with van der Waals surface area (Å²) in [5.74, 6) is 0.382. The SMILES string of the molecule is CCn1cc(Nc2ncc3nc(N)n(-c4ccc(C(=O)NCCO)cc4)c3n2)cn1. The van der Waals surface area contributed by atoms with E-state index in [-0.39, 0.29) is 25.0 Å². The lowest BCUT2D eigenvalue weighted by molar-refractivity contribution is 0.0945. The number of carbonyl (C=O) groups excluding carboxylic acids is 1. The molecule has 0 unspecified atom stereocenters. The molecule has 5 N–H and O–H groups in total. The maximum absolute atomic E-state index is 12.0. The van der Waals surface area contributed by atoms with Crippen LogP contribution in [0.2, 0.25) is 0 Å². The van der Waals surface area contributed by atoms with Gasteiger partial charge in [-0.2, -0.15) is 10.1 Å². The average molecular weight is 407 g/mol. The van der Waals surface area contributed by atoms with Crippen LogP contribution in [0.15, 0.2) is 42.9 Å². The summed E-state index contributed by atoms with van der Waals surface area (Å²) in [6.07, 6.45) is 5.15. The van der Waals surface area contributed by atoms with Gasteiger partial charge in [-0.3, -0.25) is 14.0 Å². The van der Waals surface area contributed by atoms with Gasteiger partial charge in [-0.15, -0.1) is 0 Å². The summed E-state index contributed by atoms with van der Waals surface area (Å²) in [4.78, 5) is 25.2. The highest BCUT2D eigenvalue weighted by Gasteiger charge is 2.14. The third-order valence-corrected chi connectivity index (χ3v) is 4.42. The highest BCUT2D eigenvalue weighted by Crippen LogP contribution is 2.23. The lowest BCUT2D eigenvalue weighted by Gasteiger charge is -2.08. The Balaban J connectivity index is 1.65. The Hall–Kier alpha value is -3.99. The lowest BCUT2D eigenvalue weighted by Crippen LogP contribution is -2.26. The molecule has 0 aliphatic carbocycles. The van der Waals surface area contributed by atoms with Gasteiger partial charge < -0.3 is 21.5 Å². The number of aryl methyl sites for hydroxylation is 1. The van der Waals surface area contributed by atoms with Gasteiger partial charge in [0.1, 0.15) is 5.52 Å². The fourth-order valence-electron chi connectivity index (χ4n) is 2.97. The Kier molecular flexibility index (Phi) is 5.26. The molecule has 0 fully saturated rings. The molecule has 0 radical (unpaired) electrons. The Labute approximate surface area is 171 Å². The highest BCUT2D eigenvalue weighted by molar-refractivity contribution is 5.94. The summed E-state index contributed by atoms with van der Waals surface area (Å²) in [5.41, 5.74) is 9.15. The molecular formula is C19H21N9O2. The number of hydrogen-bond acceptors (Lipinski definition) is 8. The Morgan fingerprint density at radius 2 is 2.00 bits per heavy atom. The van der Waals surface area contributed by atoms with E-state index < -0.39 is 0 Å². The first kappa shape index (κ1) is 19.3. The summed E-state index contributed by atoms with van der Waals surface area (Å²) in [6, 6.07) is 6.86. The van der Waals surface area contributed by atoms with Crippen LogP contribution in [-0.4, -0.2) is 53.5 Å². The number of nitrogens with zero attached hydrogens (tertiary/aromatic N) is 6. The van der Waals surface area contributed by atoms with Gasteiger partial charge in [-0.25, -0.2) is 9.97 Å². The van der Waals surface area contributed by atoms with Gasteiger partial charge in [0.25, 0.3) is 5.91 Å². The molecule has 11 heteroatoms. The summed E-state index contributed by atoms with van der Waals surface area (Å²) < 4.78 is 3.48. The topological polar surface area (TPSA) is 149 Å². The number of nitrogen functional groups attached to an aromatic ring is 1. The number of nitrogens with two attached hydrogens (primary N) is 1. The van der Waals surface area contributed by atoms with Crippen molar-refractivity contribution in [2.45, 2.75) is 13.5 Å². The van der Waals surface area contributed by atoms with Crippen molar-refractivity contribution in [2.75, 3.05) is 24.2 Å². The average Bonchev–Trinajstić information content (AvgIpc) is 3.35. The minimum atomic E-state index is -0.263. The first-order valence-corrected chi connectivity index (χ1v) is 9.39. The molecule has 0 aliphatic rings. The fraction of sp³-hybridized carbons (Fsp3) is 0.211. The molecule has 30 heavy (non-hydrogen) atoms. The Morgan fingerprint density at radius 3 is 2.70 bits per heavy atom. The van der Waals surface area contributed by atoms with E-state index in [1.807, 2.05) is 13.1 Å². The first-order chi connectivity index (χ1) is 14.6. The number of hydrogen-bond donors (Lipinski definition) is 4. The highest BCUT2D eigenvalue weighted by atomic mass is 16.3. The van der Waals surface area contributed by atoms with Crippen molar-refractivity contribution in [1.29, 1.82) is 0 Å². The van der Waals surface area contributed by atoms with Crippen molar-refractivity contribution in [3.63, 3.8) is 0 Å². The molecule has 4 aromatic rings. The van der Waals surface area contributed by atoms with E-state index in [9.17, 15) is 4.79 Å². The van der Waals surface area contributed by atoms with Crippen LogP contribution in [0.4, 0.5) is 17.6 Å². The molecule has 11 nitrogen and oxygen atoms in total. The van der Waals surface area contributed by atoms with Crippen LogP contribution in [0.25, 0.3) is 16.9 Å². The van der Waals surface area contributed by atoms with E-state index >= 15 is 0 Å². The van der Waals surface area contributed by atoms with E-state index in [1.54, 1.807) is 45.9 Å². The second-order valence-electron chi connectivity index (χ2n) is 6.44. The van der Waals surface area contributed by atoms with Crippen LogP contribution < -0.4 is 16.4 Å². The number of fused-ring (bicyclic) bond motifs is 1. The van der Waals surface area contributed by atoms with E-state index in [0.717, 1.165) is 12.2 Å². The number of rotatable bonds is 7. The molecule has 0 saturated carbocycles. The van der Waals surface area contributed by atoms with Crippen molar-refractivity contribution in [3.8, 4) is 5.69 Å². The molecule has 0 spiro atoms. The van der Waals surface area contributed by atoms with E-state index in [2.05, 4.69) is 30.7 Å². The van der Waals surface area contributed by atoms with E-state index in [4.69, 9.17) is 10.8 Å². The number of imidazole rings is 1. The van der Waals surface area contributed by atoms with Crippen LogP contribution in [0.3, 0.4) is 0 Å². The predicted octanol–water partition coefficient (Wildman–Crippen LogP) is 1.08. The lowest BCUT2D eigenvalue weighted by atomic mass is 10.2. The van der Waals surface area contributed by atoms with Crippen LogP contribution in [0, 0.1) is 0 Å². The molecule has 3 heterocycles. The molecule has 3 aromatic heterocycles. The first-order valence-electron chi connectivity index (χ1n) is 9.39. The second kappa shape index (κ2) is 8.17. The molecule has 154 valence electrons. The molecular weight excluding hydrogens is 386 g/mol. The standard InChI is InChI=1S/C19H21N9O2/c1-2-27-11-13(9-23-27)24-19-22-10-15-16(26-19)28(18(20)25-15)14-5-3-12(4-6-14)17(30)21-7-8-29/h3-6,9-11,29H,2,7-8H2,1H3,(H2,20,25)(H,21,30)(H,22,24,26). The van der Waals surface area contributed by atoms with Crippen molar-refractivity contribution in [1.82, 2.24) is 34.6 Å². The zero-order valence-corrected chi connectivity index (χ0v) is 16.3. The third kappa shape index (κ3) is 3.78. The second-order valence-corrected chi connectivity index (χ2v) is 6.44. The van der Waals surface area contributed by atoms with Gasteiger partial charge in [0.2, 0.25) is 11.9 Å². The summed E-state index contributed by atoms with van der Waals surface area (Å²) in [7, 11) is 0. The van der Waals surface area contributed by atoms with Gasteiger partial charge in [-0.1, -0.05) is 0 Å². The molecule has 1 amide bonds. The largest absolute Gasteiger partial charge is 0.395 e.